The Kier molecular flexibility index (Phi) is 7.25. The first-order chi connectivity index (χ1) is 17.6. The first kappa shape index (κ1) is 27.5. The van der Waals surface area contributed by atoms with Crippen molar-refractivity contribution in [3.05, 3.63) is 77.3 Å². The number of sulfonamides is 2. The molecule has 4 rings (SSSR count). The van der Waals surface area contributed by atoms with E-state index in [2.05, 4.69) is 10.0 Å². The van der Waals surface area contributed by atoms with Gasteiger partial charge in [-0.05, 0) is 60.7 Å². The topological polar surface area (TPSA) is 122 Å². The smallest absolute Gasteiger partial charge is 0.416 e. The van der Waals surface area contributed by atoms with Gasteiger partial charge in [0.05, 0.1) is 28.9 Å². The van der Waals surface area contributed by atoms with Crippen molar-refractivity contribution in [1.82, 2.24) is 0 Å². The van der Waals surface area contributed by atoms with Crippen LogP contribution in [0.15, 0.2) is 71.6 Å². The van der Waals surface area contributed by atoms with E-state index in [0.29, 0.717) is 6.07 Å². The Balaban J connectivity index is 1.48. The third kappa shape index (κ3) is 6.14. The van der Waals surface area contributed by atoms with Gasteiger partial charge in [-0.25, -0.2) is 16.8 Å². The van der Waals surface area contributed by atoms with Gasteiger partial charge in [0, 0.05) is 16.4 Å². The van der Waals surface area contributed by atoms with Crippen LogP contribution in [0.25, 0.3) is 0 Å². The third-order valence-corrected chi connectivity index (χ3v) is 8.14. The molecule has 2 N–H and O–H groups in total. The monoisotopic (exact) mass is 589 g/mol. The number of nitrogens with zero attached hydrogens (tertiary/aromatic N) is 1. The zero-order valence-electron chi connectivity index (χ0n) is 19.4. The predicted octanol–water partition coefficient (Wildman–Crippen LogP) is 4.33. The summed E-state index contributed by atoms with van der Waals surface area (Å²) in [5.41, 5.74) is -0.930. The Morgan fingerprint density at radius 1 is 1.00 bits per heavy atom. The number of benzene rings is 3. The van der Waals surface area contributed by atoms with Gasteiger partial charge in [0.25, 0.3) is 15.9 Å². The molecule has 0 saturated carbocycles. The molecule has 0 spiro atoms. The Hall–Kier alpha value is -3.49. The predicted molar refractivity (Wildman–Crippen MR) is 135 cm³/mol. The number of anilines is 3. The quantitative estimate of drug-likeness (QED) is 0.441. The number of carbonyl (C=O) groups is 1. The van der Waals surface area contributed by atoms with Crippen molar-refractivity contribution in [2.75, 3.05) is 27.1 Å². The molecule has 1 atom stereocenters. The van der Waals surface area contributed by atoms with Gasteiger partial charge in [-0.15, -0.1) is 0 Å². The highest BCUT2D eigenvalue weighted by Gasteiger charge is 2.35. The maximum atomic E-state index is 12.9. The third-order valence-electron chi connectivity index (χ3n) is 5.36. The normalized spacial score (nSPS) is 15.8. The Bertz CT molecular complexity index is 1600. The Labute approximate surface area is 221 Å². The molecule has 3 aromatic rings. The number of halogens is 4. The van der Waals surface area contributed by atoms with Gasteiger partial charge >= 0.3 is 6.18 Å². The minimum Gasteiger partial charge on any atom is -0.476 e. The maximum absolute atomic E-state index is 12.9. The lowest BCUT2D eigenvalue weighted by atomic mass is 10.2. The molecule has 0 unspecified atom stereocenters. The average Bonchev–Trinajstić information content (AvgIpc) is 2.82. The Morgan fingerprint density at radius 3 is 2.32 bits per heavy atom. The lowest BCUT2D eigenvalue weighted by molar-refractivity contribution is -0.137. The summed E-state index contributed by atoms with van der Waals surface area (Å²) in [4.78, 5) is 12.6. The second-order valence-electron chi connectivity index (χ2n) is 8.21. The molecule has 1 heterocycles. The largest absolute Gasteiger partial charge is 0.476 e. The molecule has 38 heavy (non-hydrogen) atoms. The molecule has 0 radical (unpaired) electrons. The van der Waals surface area contributed by atoms with Gasteiger partial charge in [-0.3, -0.25) is 13.8 Å². The number of nitrogens with one attached hydrogen (secondary N) is 2. The van der Waals surface area contributed by atoms with E-state index >= 15 is 0 Å². The molecule has 1 amide bonds. The molecular formula is C23H19ClF3N3O6S2. The van der Waals surface area contributed by atoms with Gasteiger partial charge in [-0.2, -0.15) is 13.2 Å². The summed E-state index contributed by atoms with van der Waals surface area (Å²) < 4.78 is 97.4. The van der Waals surface area contributed by atoms with Crippen LogP contribution in [0.1, 0.15) is 5.56 Å². The second kappa shape index (κ2) is 10.0. The first-order valence-electron chi connectivity index (χ1n) is 10.7. The molecule has 9 nitrogen and oxygen atoms in total. The van der Waals surface area contributed by atoms with Gasteiger partial charge < -0.3 is 10.1 Å². The van der Waals surface area contributed by atoms with Crippen molar-refractivity contribution in [2.45, 2.75) is 17.2 Å². The fraction of sp³-hybridized carbons (Fsp3) is 0.174. The molecule has 0 aliphatic carbocycles. The summed E-state index contributed by atoms with van der Waals surface area (Å²) in [6.45, 7) is -0.328. The highest BCUT2D eigenvalue weighted by Crippen LogP contribution is 2.37. The summed E-state index contributed by atoms with van der Waals surface area (Å²) in [6, 6.07) is 12.9. The number of carbonyl (C=O) groups excluding carboxylic acids is 1. The second-order valence-corrected chi connectivity index (χ2v) is 12.2. The van der Waals surface area contributed by atoms with Crippen LogP contribution >= 0.6 is 11.6 Å². The molecule has 0 bridgehead atoms. The standard InChI is InChI=1S/C23H19ClF3N3O6S2/c1-37(32,33)30-13-21(36-20-10-5-15(24)12-19(20)30)22(31)28-16-6-8-18(9-7-16)38(34,35)29-17-4-2-3-14(11-17)23(25,26)27/h2-12,21,29H,13H2,1H3,(H,28,31)/t21-/m0/s1. The molecule has 0 saturated heterocycles. The van der Waals surface area contributed by atoms with Gasteiger partial charge in [0.2, 0.25) is 10.0 Å². The van der Waals surface area contributed by atoms with Crippen LogP contribution in [0.4, 0.5) is 30.2 Å². The van der Waals surface area contributed by atoms with E-state index in [4.69, 9.17) is 16.3 Å². The van der Waals surface area contributed by atoms with Gasteiger partial charge in [0.15, 0.2) is 6.10 Å². The minimum atomic E-state index is -4.64. The van der Waals surface area contributed by atoms with Gasteiger partial charge in [-0.1, -0.05) is 17.7 Å². The van der Waals surface area contributed by atoms with E-state index in [1.54, 1.807) is 0 Å². The highest BCUT2D eigenvalue weighted by molar-refractivity contribution is 7.92. The Morgan fingerprint density at radius 2 is 1.68 bits per heavy atom. The summed E-state index contributed by atoms with van der Waals surface area (Å²) in [7, 11) is -8.02. The molecule has 202 valence electrons. The van der Waals surface area contributed by atoms with Crippen LogP contribution in [0.3, 0.4) is 0 Å². The lowest BCUT2D eigenvalue weighted by Gasteiger charge is -2.34. The molecular weight excluding hydrogens is 571 g/mol. The molecule has 15 heteroatoms. The summed E-state index contributed by atoms with van der Waals surface area (Å²) in [6.07, 6.45) is -4.90. The fourth-order valence-electron chi connectivity index (χ4n) is 3.59. The van der Waals surface area contributed by atoms with E-state index in [-0.39, 0.29) is 39.3 Å². The fourth-order valence-corrected chi connectivity index (χ4v) is 5.71. The number of alkyl halides is 3. The highest BCUT2D eigenvalue weighted by atomic mass is 35.5. The van der Waals surface area contributed by atoms with E-state index in [1.807, 2.05) is 0 Å². The molecule has 1 aliphatic rings. The number of hydrogen-bond acceptors (Lipinski definition) is 6. The molecule has 0 aromatic heterocycles. The van der Waals surface area contributed by atoms with E-state index in [1.165, 1.54) is 36.4 Å². The molecule has 1 aliphatic heterocycles. The van der Waals surface area contributed by atoms with Crippen LogP contribution in [0, 0.1) is 0 Å². The van der Waals surface area contributed by atoms with Crippen molar-refractivity contribution < 1.29 is 39.5 Å². The van der Waals surface area contributed by atoms with E-state index in [9.17, 15) is 34.8 Å². The summed E-state index contributed by atoms with van der Waals surface area (Å²) >= 11 is 5.96. The SMILES string of the molecule is CS(=O)(=O)N1C[C@@H](C(=O)Nc2ccc(S(=O)(=O)Nc3cccc(C(F)(F)F)c3)cc2)Oc2ccc(Cl)cc21. The lowest BCUT2D eigenvalue weighted by Crippen LogP contribution is -2.48. The van der Waals surface area contributed by atoms with E-state index in [0.717, 1.165) is 34.8 Å². The molecule has 0 fully saturated rings. The number of hydrogen-bond donors (Lipinski definition) is 2. The summed E-state index contributed by atoms with van der Waals surface area (Å²) in [5, 5.41) is 2.81. The van der Waals surface area contributed by atoms with Crippen LogP contribution < -0.4 is 19.1 Å². The number of rotatable bonds is 6. The zero-order valence-corrected chi connectivity index (χ0v) is 21.7. The van der Waals surface area contributed by atoms with Crippen molar-refractivity contribution in [2.24, 2.45) is 0 Å². The number of amides is 1. The van der Waals surface area contributed by atoms with Crippen molar-refractivity contribution >= 4 is 54.6 Å². The van der Waals surface area contributed by atoms with Crippen molar-refractivity contribution in [1.29, 1.82) is 0 Å². The average molecular weight is 590 g/mol. The summed E-state index contributed by atoms with van der Waals surface area (Å²) in [5.74, 6) is -0.565. The van der Waals surface area contributed by atoms with E-state index < -0.39 is 43.8 Å². The van der Waals surface area contributed by atoms with Gasteiger partial charge in [0.1, 0.15) is 5.75 Å². The zero-order chi connectivity index (χ0) is 27.9. The van der Waals surface area contributed by atoms with Crippen LogP contribution in [0.5, 0.6) is 5.75 Å². The first-order valence-corrected chi connectivity index (χ1v) is 14.4. The number of fused-ring (bicyclic) bond motifs is 1. The van der Waals surface area contributed by atoms with Crippen LogP contribution in [0.2, 0.25) is 5.02 Å². The molecule has 3 aromatic carbocycles. The maximum Gasteiger partial charge on any atom is 0.416 e. The van der Waals surface area contributed by atoms with Crippen LogP contribution in [-0.2, 0) is 31.0 Å². The number of ether oxygens (including phenoxy) is 1. The van der Waals surface area contributed by atoms with Crippen molar-refractivity contribution in [3.63, 3.8) is 0 Å². The minimum absolute atomic E-state index is 0.133. The van der Waals surface area contributed by atoms with Crippen LogP contribution in [-0.4, -0.2) is 41.6 Å². The van der Waals surface area contributed by atoms with Crippen molar-refractivity contribution in [3.8, 4) is 5.75 Å².